The first-order valence-corrected chi connectivity index (χ1v) is 7.84. The van der Waals surface area contributed by atoms with E-state index in [1.807, 2.05) is 13.8 Å². The lowest BCUT2D eigenvalue weighted by atomic mass is 9.95. The molecule has 0 radical (unpaired) electrons. The maximum Gasteiger partial charge on any atom is 0.508 e. The summed E-state index contributed by atoms with van der Waals surface area (Å²) in [6.07, 6.45) is 3.46. The molecule has 1 saturated carbocycles. The van der Waals surface area contributed by atoms with Crippen LogP contribution in [0.3, 0.4) is 0 Å². The summed E-state index contributed by atoms with van der Waals surface area (Å²) in [6.45, 7) is 4.61. The summed E-state index contributed by atoms with van der Waals surface area (Å²) >= 11 is 0. The smallest absolute Gasteiger partial charge is 0.434 e. The van der Waals surface area contributed by atoms with E-state index in [-0.39, 0.29) is 0 Å². The molecule has 0 spiro atoms. The van der Waals surface area contributed by atoms with Crippen molar-refractivity contribution in [3.63, 3.8) is 0 Å². The molecule has 0 aromatic rings. The van der Waals surface area contributed by atoms with Crippen molar-refractivity contribution in [1.29, 1.82) is 0 Å². The van der Waals surface area contributed by atoms with Crippen molar-refractivity contribution >= 4 is 12.3 Å². The number of ether oxygens (including phenoxy) is 4. The fourth-order valence-electron chi connectivity index (χ4n) is 2.13. The molecule has 0 aromatic heterocycles. The molecule has 1 fully saturated rings. The first kappa shape index (κ1) is 17.6. The summed E-state index contributed by atoms with van der Waals surface area (Å²) in [5.41, 5.74) is 0. The molecule has 6 nitrogen and oxygen atoms in total. The van der Waals surface area contributed by atoms with Crippen LogP contribution in [0.1, 0.15) is 58.8 Å². The molecule has 21 heavy (non-hydrogen) atoms. The van der Waals surface area contributed by atoms with Crippen molar-refractivity contribution in [3.05, 3.63) is 0 Å². The molecular formula is C15H26O6. The van der Waals surface area contributed by atoms with Crippen LogP contribution in [0.2, 0.25) is 0 Å². The second-order valence-electron chi connectivity index (χ2n) is 5.15. The summed E-state index contributed by atoms with van der Waals surface area (Å²) in [5, 5.41) is 0. The van der Waals surface area contributed by atoms with Crippen LogP contribution in [0.15, 0.2) is 0 Å². The Labute approximate surface area is 126 Å². The molecule has 2 atom stereocenters. The SMILES string of the molecule is CCCCOC(=O)OC1CCCCC1OC(=O)OCCC. The zero-order chi connectivity index (χ0) is 15.5. The molecule has 0 amide bonds. The zero-order valence-corrected chi connectivity index (χ0v) is 13.0. The first-order valence-electron chi connectivity index (χ1n) is 7.84. The van der Waals surface area contributed by atoms with Crippen LogP contribution in [0.25, 0.3) is 0 Å². The van der Waals surface area contributed by atoms with Gasteiger partial charge in [0.2, 0.25) is 0 Å². The highest BCUT2D eigenvalue weighted by Gasteiger charge is 2.32. The van der Waals surface area contributed by atoms with Crippen LogP contribution >= 0.6 is 0 Å². The van der Waals surface area contributed by atoms with Gasteiger partial charge < -0.3 is 18.9 Å². The molecule has 0 aliphatic heterocycles. The minimum atomic E-state index is -0.697. The third-order valence-corrected chi connectivity index (χ3v) is 3.28. The number of carbonyl (C=O) groups excluding carboxylic acids is 2. The van der Waals surface area contributed by atoms with Crippen LogP contribution in [-0.4, -0.2) is 37.7 Å². The molecule has 1 aliphatic rings. The van der Waals surface area contributed by atoms with Gasteiger partial charge in [-0.05, 0) is 38.5 Å². The minimum Gasteiger partial charge on any atom is -0.434 e. The Balaban J connectivity index is 2.38. The molecule has 0 N–H and O–H groups in total. The van der Waals surface area contributed by atoms with E-state index in [1.54, 1.807) is 0 Å². The first-order chi connectivity index (χ1) is 10.2. The Bertz CT molecular complexity index is 317. The predicted molar refractivity (Wildman–Crippen MR) is 76.1 cm³/mol. The average molecular weight is 302 g/mol. The van der Waals surface area contributed by atoms with E-state index in [0.717, 1.165) is 32.1 Å². The summed E-state index contributed by atoms with van der Waals surface area (Å²) in [6, 6.07) is 0. The van der Waals surface area contributed by atoms with Crippen molar-refractivity contribution in [2.45, 2.75) is 71.0 Å². The van der Waals surface area contributed by atoms with Gasteiger partial charge in [0.15, 0.2) is 0 Å². The van der Waals surface area contributed by atoms with Crippen molar-refractivity contribution in [2.24, 2.45) is 0 Å². The van der Waals surface area contributed by atoms with Gasteiger partial charge in [0.1, 0.15) is 12.2 Å². The summed E-state index contributed by atoms with van der Waals surface area (Å²) < 4.78 is 20.4. The van der Waals surface area contributed by atoms with E-state index < -0.39 is 24.5 Å². The van der Waals surface area contributed by atoms with Crippen LogP contribution in [0.5, 0.6) is 0 Å². The van der Waals surface area contributed by atoms with Crippen LogP contribution in [0, 0.1) is 0 Å². The lowest BCUT2D eigenvalue weighted by Crippen LogP contribution is -2.38. The minimum absolute atomic E-state index is 0.330. The van der Waals surface area contributed by atoms with Crippen molar-refractivity contribution < 1.29 is 28.5 Å². The van der Waals surface area contributed by atoms with E-state index in [0.29, 0.717) is 26.1 Å². The molecular weight excluding hydrogens is 276 g/mol. The van der Waals surface area contributed by atoms with Gasteiger partial charge >= 0.3 is 12.3 Å². The maximum atomic E-state index is 11.6. The number of rotatable bonds is 7. The van der Waals surface area contributed by atoms with Gasteiger partial charge in [0.25, 0.3) is 0 Å². The number of hydrogen-bond acceptors (Lipinski definition) is 6. The highest BCUT2D eigenvalue weighted by molar-refractivity contribution is 5.61. The molecule has 0 saturated heterocycles. The van der Waals surface area contributed by atoms with Crippen molar-refractivity contribution in [1.82, 2.24) is 0 Å². The van der Waals surface area contributed by atoms with E-state index >= 15 is 0 Å². The van der Waals surface area contributed by atoms with E-state index in [2.05, 4.69) is 0 Å². The Hall–Kier alpha value is -1.46. The van der Waals surface area contributed by atoms with E-state index in [1.165, 1.54) is 0 Å². The molecule has 122 valence electrons. The fraction of sp³-hybridized carbons (Fsp3) is 0.867. The summed E-state index contributed by atoms with van der Waals surface area (Å²) in [7, 11) is 0. The molecule has 0 bridgehead atoms. The molecule has 1 aliphatic carbocycles. The largest absolute Gasteiger partial charge is 0.508 e. The summed E-state index contributed by atoms with van der Waals surface area (Å²) in [5.74, 6) is 0. The van der Waals surface area contributed by atoms with Gasteiger partial charge in [-0.15, -0.1) is 0 Å². The number of hydrogen-bond donors (Lipinski definition) is 0. The van der Waals surface area contributed by atoms with Crippen molar-refractivity contribution in [2.75, 3.05) is 13.2 Å². The highest BCUT2D eigenvalue weighted by atomic mass is 16.8. The lowest BCUT2D eigenvalue weighted by Gasteiger charge is -2.29. The fourth-order valence-corrected chi connectivity index (χ4v) is 2.13. The van der Waals surface area contributed by atoms with Crippen LogP contribution in [-0.2, 0) is 18.9 Å². The Morgan fingerprint density at radius 3 is 1.86 bits per heavy atom. The molecule has 1 rings (SSSR count). The standard InChI is InChI=1S/C15H26O6/c1-3-5-11-19-15(17)21-13-9-7-6-8-12(13)20-14(16)18-10-4-2/h12-13H,3-11H2,1-2H3. The molecule has 0 heterocycles. The molecule has 6 heteroatoms. The van der Waals surface area contributed by atoms with Gasteiger partial charge in [0, 0.05) is 0 Å². The van der Waals surface area contributed by atoms with E-state index in [9.17, 15) is 9.59 Å². The second kappa shape index (κ2) is 10.3. The topological polar surface area (TPSA) is 71.1 Å². The van der Waals surface area contributed by atoms with Gasteiger partial charge in [-0.25, -0.2) is 9.59 Å². The van der Waals surface area contributed by atoms with Crippen LogP contribution in [0.4, 0.5) is 9.59 Å². The average Bonchev–Trinajstić information content (AvgIpc) is 2.47. The second-order valence-corrected chi connectivity index (χ2v) is 5.15. The van der Waals surface area contributed by atoms with E-state index in [4.69, 9.17) is 18.9 Å². The third kappa shape index (κ3) is 7.20. The van der Waals surface area contributed by atoms with Crippen molar-refractivity contribution in [3.8, 4) is 0 Å². The van der Waals surface area contributed by atoms with Gasteiger partial charge in [-0.1, -0.05) is 20.3 Å². The monoisotopic (exact) mass is 302 g/mol. The van der Waals surface area contributed by atoms with Crippen LogP contribution < -0.4 is 0 Å². The maximum absolute atomic E-state index is 11.6. The lowest BCUT2D eigenvalue weighted by molar-refractivity contribution is -0.0711. The molecule has 2 unspecified atom stereocenters. The van der Waals surface area contributed by atoms with Gasteiger partial charge in [-0.3, -0.25) is 0 Å². The highest BCUT2D eigenvalue weighted by Crippen LogP contribution is 2.24. The predicted octanol–water partition coefficient (Wildman–Crippen LogP) is 3.81. The summed E-state index contributed by atoms with van der Waals surface area (Å²) in [4.78, 5) is 23.1. The van der Waals surface area contributed by atoms with Gasteiger partial charge in [0.05, 0.1) is 13.2 Å². The quantitative estimate of drug-likeness (QED) is 0.526. The number of unbranched alkanes of at least 4 members (excludes halogenated alkanes) is 1. The Morgan fingerprint density at radius 2 is 1.38 bits per heavy atom. The zero-order valence-electron chi connectivity index (χ0n) is 13.0. The third-order valence-electron chi connectivity index (χ3n) is 3.28. The van der Waals surface area contributed by atoms with Gasteiger partial charge in [-0.2, -0.15) is 0 Å². The number of carbonyl (C=O) groups is 2. The Morgan fingerprint density at radius 1 is 0.857 bits per heavy atom. The Kier molecular flexibility index (Phi) is 8.62. The molecule has 0 aromatic carbocycles. The normalized spacial score (nSPS) is 21.4.